The Morgan fingerprint density at radius 2 is 1.72 bits per heavy atom. The Morgan fingerprint density at radius 3 is 2.36 bits per heavy atom. The van der Waals surface area contributed by atoms with Gasteiger partial charge in [0.1, 0.15) is 0 Å². The molecule has 134 valence electrons. The van der Waals surface area contributed by atoms with Crippen LogP contribution in [0, 0.1) is 6.92 Å². The zero-order chi connectivity index (χ0) is 18.4. The number of amides is 2. The topological polar surface area (TPSA) is 59.6 Å². The number of hydrogen-bond donors (Lipinski definition) is 2. The average Bonchev–Trinajstić information content (AvgIpc) is 2.59. The summed E-state index contributed by atoms with van der Waals surface area (Å²) in [6.07, 6.45) is 0.668. The Hall–Kier alpha value is -2.11. The molecule has 0 aliphatic carbocycles. The van der Waals surface area contributed by atoms with Gasteiger partial charge >= 0.3 is 6.03 Å². The highest BCUT2D eigenvalue weighted by atomic mass is 35.5. The van der Waals surface area contributed by atoms with Crippen LogP contribution in [0.15, 0.2) is 30.3 Å². The Bertz CT molecular complexity index is 766. The van der Waals surface area contributed by atoms with Crippen molar-refractivity contribution in [2.75, 3.05) is 26.1 Å². The summed E-state index contributed by atoms with van der Waals surface area (Å²) in [4.78, 5) is 12.0. The molecule has 0 aliphatic rings. The molecule has 2 N–H and O–H groups in total. The molecule has 0 saturated heterocycles. The third kappa shape index (κ3) is 5.18. The molecule has 2 aromatic carbocycles. The van der Waals surface area contributed by atoms with Gasteiger partial charge in [0.15, 0.2) is 11.5 Å². The number of carbonyl (C=O) groups is 1. The SMILES string of the molecule is COc1cc(C)c(CCNC(=O)Nc2ccc(Cl)c(Cl)c2)cc1OC. The summed E-state index contributed by atoms with van der Waals surface area (Å²) < 4.78 is 10.6. The molecule has 0 saturated carbocycles. The number of methoxy groups -OCH3 is 2. The molecule has 0 aliphatic heterocycles. The largest absolute Gasteiger partial charge is 0.493 e. The first-order chi connectivity index (χ1) is 11.9. The Balaban J connectivity index is 1.91. The molecule has 0 heterocycles. The molecule has 0 fully saturated rings. The molecule has 2 rings (SSSR count). The number of anilines is 1. The standard InChI is InChI=1S/C18H20Cl2N2O3/c1-11-8-16(24-2)17(25-3)9-12(11)6-7-21-18(23)22-13-4-5-14(19)15(20)10-13/h4-5,8-10H,6-7H2,1-3H3,(H2,21,22,23). The fourth-order valence-electron chi connectivity index (χ4n) is 2.35. The fourth-order valence-corrected chi connectivity index (χ4v) is 2.65. The number of halogens is 2. The van der Waals surface area contributed by atoms with Gasteiger partial charge in [0.2, 0.25) is 0 Å². The first-order valence-corrected chi connectivity index (χ1v) is 8.41. The molecular formula is C18H20Cl2N2O3. The van der Waals surface area contributed by atoms with Crippen LogP contribution in [-0.2, 0) is 6.42 Å². The molecule has 0 atom stereocenters. The van der Waals surface area contributed by atoms with Crippen LogP contribution >= 0.6 is 23.2 Å². The van der Waals surface area contributed by atoms with Crippen LogP contribution in [0.4, 0.5) is 10.5 Å². The number of benzene rings is 2. The molecule has 0 unspecified atom stereocenters. The van der Waals surface area contributed by atoms with Crippen molar-refractivity contribution in [1.29, 1.82) is 0 Å². The van der Waals surface area contributed by atoms with Crippen molar-refractivity contribution >= 4 is 34.9 Å². The summed E-state index contributed by atoms with van der Waals surface area (Å²) >= 11 is 11.8. The van der Waals surface area contributed by atoms with Crippen LogP contribution in [0.1, 0.15) is 11.1 Å². The zero-order valence-corrected chi connectivity index (χ0v) is 15.8. The van der Waals surface area contributed by atoms with Crippen LogP contribution in [0.5, 0.6) is 11.5 Å². The van der Waals surface area contributed by atoms with Gasteiger partial charge in [0.05, 0.1) is 24.3 Å². The molecule has 0 spiro atoms. The van der Waals surface area contributed by atoms with Gasteiger partial charge in [-0.15, -0.1) is 0 Å². The van der Waals surface area contributed by atoms with Crippen LogP contribution in [0.25, 0.3) is 0 Å². The highest BCUT2D eigenvalue weighted by Gasteiger charge is 2.09. The van der Waals surface area contributed by atoms with Crippen molar-refractivity contribution in [2.24, 2.45) is 0 Å². The number of rotatable bonds is 6. The maximum atomic E-state index is 12.0. The van der Waals surface area contributed by atoms with Gasteiger partial charge in [-0.1, -0.05) is 23.2 Å². The fraction of sp³-hybridized carbons (Fsp3) is 0.278. The molecule has 0 aromatic heterocycles. The van der Waals surface area contributed by atoms with E-state index in [0.717, 1.165) is 11.1 Å². The predicted octanol–water partition coefficient (Wildman–Crippen LogP) is 4.68. The first-order valence-electron chi connectivity index (χ1n) is 7.66. The zero-order valence-electron chi connectivity index (χ0n) is 14.3. The van der Waals surface area contributed by atoms with E-state index in [1.54, 1.807) is 32.4 Å². The monoisotopic (exact) mass is 382 g/mol. The van der Waals surface area contributed by atoms with E-state index >= 15 is 0 Å². The lowest BCUT2D eigenvalue weighted by molar-refractivity contribution is 0.252. The number of urea groups is 1. The third-order valence-corrected chi connectivity index (χ3v) is 4.44. The summed E-state index contributed by atoms with van der Waals surface area (Å²) in [7, 11) is 3.20. The lowest BCUT2D eigenvalue weighted by Crippen LogP contribution is -2.30. The van der Waals surface area contributed by atoms with E-state index in [-0.39, 0.29) is 6.03 Å². The second kappa shape index (κ2) is 8.83. The van der Waals surface area contributed by atoms with Crippen molar-refractivity contribution in [3.8, 4) is 11.5 Å². The summed E-state index contributed by atoms with van der Waals surface area (Å²) in [6.45, 7) is 2.47. The predicted molar refractivity (Wildman–Crippen MR) is 101 cm³/mol. The van der Waals surface area contributed by atoms with E-state index in [4.69, 9.17) is 32.7 Å². The summed E-state index contributed by atoms with van der Waals surface area (Å²) in [6, 6.07) is 8.45. The smallest absolute Gasteiger partial charge is 0.319 e. The van der Waals surface area contributed by atoms with Crippen molar-refractivity contribution in [3.63, 3.8) is 0 Å². The highest BCUT2D eigenvalue weighted by Crippen LogP contribution is 2.30. The van der Waals surface area contributed by atoms with E-state index in [9.17, 15) is 4.79 Å². The minimum absolute atomic E-state index is 0.309. The van der Waals surface area contributed by atoms with Gasteiger partial charge in [-0.25, -0.2) is 4.79 Å². The molecule has 2 aromatic rings. The molecule has 25 heavy (non-hydrogen) atoms. The van der Waals surface area contributed by atoms with Crippen LogP contribution < -0.4 is 20.1 Å². The van der Waals surface area contributed by atoms with Crippen LogP contribution in [-0.4, -0.2) is 26.8 Å². The normalized spacial score (nSPS) is 10.3. The number of aryl methyl sites for hydroxylation is 1. The molecule has 7 heteroatoms. The number of ether oxygens (including phenoxy) is 2. The Labute approximate surface area is 157 Å². The Morgan fingerprint density at radius 1 is 1.04 bits per heavy atom. The molecule has 2 amide bonds. The van der Waals surface area contributed by atoms with Gasteiger partial charge in [0.25, 0.3) is 0 Å². The van der Waals surface area contributed by atoms with Crippen LogP contribution in [0.2, 0.25) is 10.0 Å². The van der Waals surface area contributed by atoms with Crippen molar-refractivity contribution in [3.05, 3.63) is 51.5 Å². The number of hydrogen-bond acceptors (Lipinski definition) is 3. The highest BCUT2D eigenvalue weighted by molar-refractivity contribution is 6.42. The molecular weight excluding hydrogens is 363 g/mol. The van der Waals surface area contributed by atoms with Crippen molar-refractivity contribution in [1.82, 2.24) is 5.32 Å². The van der Waals surface area contributed by atoms with E-state index in [0.29, 0.717) is 40.2 Å². The average molecular weight is 383 g/mol. The second-order valence-electron chi connectivity index (χ2n) is 5.39. The van der Waals surface area contributed by atoms with E-state index in [2.05, 4.69) is 10.6 Å². The summed E-state index contributed by atoms with van der Waals surface area (Å²) in [5, 5.41) is 6.35. The quantitative estimate of drug-likeness (QED) is 0.761. The lowest BCUT2D eigenvalue weighted by atomic mass is 10.0. The second-order valence-corrected chi connectivity index (χ2v) is 6.21. The third-order valence-electron chi connectivity index (χ3n) is 3.70. The van der Waals surface area contributed by atoms with E-state index in [1.165, 1.54) is 0 Å². The number of carbonyl (C=O) groups excluding carboxylic acids is 1. The van der Waals surface area contributed by atoms with Crippen molar-refractivity contribution < 1.29 is 14.3 Å². The van der Waals surface area contributed by atoms with E-state index in [1.807, 2.05) is 19.1 Å². The van der Waals surface area contributed by atoms with Crippen LogP contribution in [0.3, 0.4) is 0 Å². The molecule has 5 nitrogen and oxygen atoms in total. The summed E-state index contributed by atoms with van der Waals surface area (Å²) in [5.41, 5.74) is 2.73. The van der Waals surface area contributed by atoms with Crippen molar-refractivity contribution in [2.45, 2.75) is 13.3 Å². The Kier molecular flexibility index (Phi) is 6.79. The van der Waals surface area contributed by atoms with Gasteiger partial charge in [-0.2, -0.15) is 0 Å². The number of nitrogens with one attached hydrogen (secondary N) is 2. The van der Waals surface area contributed by atoms with Gasteiger partial charge in [-0.05, 0) is 54.8 Å². The maximum absolute atomic E-state index is 12.0. The lowest BCUT2D eigenvalue weighted by Gasteiger charge is -2.13. The molecule has 0 radical (unpaired) electrons. The minimum atomic E-state index is -0.309. The van der Waals surface area contributed by atoms with Gasteiger partial charge < -0.3 is 20.1 Å². The maximum Gasteiger partial charge on any atom is 0.319 e. The minimum Gasteiger partial charge on any atom is -0.493 e. The van der Waals surface area contributed by atoms with E-state index < -0.39 is 0 Å². The van der Waals surface area contributed by atoms with Gasteiger partial charge in [0, 0.05) is 12.2 Å². The van der Waals surface area contributed by atoms with Gasteiger partial charge in [-0.3, -0.25) is 0 Å². The first kappa shape index (κ1) is 19.2. The molecule has 0 bridgehead atoms. The summed E-state index contributed by atoms with van der Waals surface area (Å²) in [5.74, 6) is 1.36.